The summed E-state index contributed by atoms with van der Waals surface area (Å²) in [6.07, 6.45) is 7.14. The van der Waals surface area contributed by atoms with Crippen LogP contribution in [0.2, 0.25) is 0 Å². The summed E-state index contributed by atoms with van der Waals surface area (Å²) in [5.41, 5.74) is 2.07. The average Bonchev–Trinajstić information content (AvgIpc) is 2.53. The molecule has 0 radical (unpaired) electrons. The molecule has 0 saturated carbocycles. The summed E-state index contributed by atoms with van der Waals surface area (Å²) < 4.78 is 1.03. The number of halogens is 1. The molecule has 118 valence electrons. The van der Waals surface area contributed by atoms with Crippen molar-refractivity contribution in [3.05, 3.63) is 58.1 Å². The van der Waals surface area contributed by atoms with Gasteiger partial charge in [-0.15, -0.1) is 0 Å². The van der Waals surface area contributed by atoms with Crippen molar-refractivity contribution in [2.45, 2.75) is 25.7 Å². The summed E-state index contributed by atoms with van der Waals surface area (Å²) in [7, 11) is 3.17. The predicted molar refractivity (Wildman–Crippen MR) is 92.3 cm³/mol. The molecule has 1 aliphatic rings. The second-order valence-corrected chi connectivity index (χ2v) is 6.75. The van der Waals surface area contributed by atoms with Crippen LogP contribution in [0.25, 0.3) is 0 Å². The van der Waals surface area contributed by atoms with Crippen molar-refractivity contribution in [1.29, 1.82) is 0 Å². The van der Waals surface area contributed by atoms with Crippen LogP contribution in [0.15, 0.2) is 52.5 Å². The molecule has 3 nitrogen and oxygen atoms in total. The molecule has 0 heterocycles. The molecule has 1 aliphatic carbocycles. The van der Waals surface area contributed by atoms with Crippen LogP contribution in [0.4, 0.5) is 0 Å². The predicted octanol–water partition coefficient (Wildman–Crippen LogP) is 4.25. The van der Waals surface area contributed by atoms with E-state index in [1.54, 1.807) is 7.05 Å². The Labute approximate surface area is 140 Å². The van der Waals surface area contributed by atoms with Gasteiger partial charge in [0.1, 0.15) is 0 Å². The fraction of sp³-hybridized carbons (Fsp3) is 0.389. The summed E-state index contributed by atoms with van der Waals surface area (Å²) in [5.74, 6) is -0.247. The summed E-state index contributed by atoms with van der Waals surface area (Å²) >= 11 is 3.47. The van der Waals surface area contributed by atoms with Gasteiger partial charge < -0.3 is 0 Å². The molecule has 4 heteroatoms. The van der Waals surface area contributed by atoms with Gasteiger partial charge >= 0.3 is 0 Å². The third-order valence-electron chi connectivity index (χ3n) is 4.45. The molecule has 0 aliphatic heterocycles. The molecule has 0 spiro atoms. The van der Waals surface area contributed by atoms with E-state index in [2.05, 4.69) is 53.2 Å². The summed E-state index contributed by atoms with van der Waals surface area (Å²) in [5, 5.41) is 1.31. The zero-order chi connectivity index (χ0) is 16.3. The molecule has 1 aromatic carbocycles. The molecule has 2 atom stereocenters. The van der Waals surface area contributed by atoms with Crippen molar-refractivity contribution < 1.29 is 9.63 Å². The van der Waals surface area contributed by atoms with Crippen LogP contribution < -0.4 is 0 Å². The first-order chi connectivity index (χ1) is 10.4. The number of allylic oxidation sites excluding steroid dienone is 4. The van der Waals surface area contributed by atoms with Gasteiger partial charge in [0.2, 0.25) is 5.91 Å². The molecule has 1 amide bonds. The molecular formula is C18H22BrNO2. The molecular weight excluding hydrogens is 342 g/mol. The molecule has 2 rings (SSSR count). The minimum Gasteiger partial charge on any atom is -0.275 e. The monoisotopic (exact) mass is 363 g/mol. The Kier molecular flexibility index (Phi) is 5.24. The minimum absolute atomic E-state index is 0.0234. The zero-order valence-corrected chi connectivity index (χ0v) is 15.1. The molecule has 0 fully saturated rings. The van der Waals surface area contributed by atoms with Gasteiger partial charge in [-0.25, -0.2) is 5.06 Å². The van der Waals surface area contributed by atoms with E-state index in [0.29, 0.717) is 0 Å². The third kappa shape index (κ3) is 3.18. The van der Waals surface area contributed by atoms with Gasteiger partial charge in [0.15, 0.2) is 0 Å². The normalized spacial score (nSPS) is 22.1. The van der Waals surface area contributed by atoms with Gasteiger partial charge in [-0.1, -0.05) is 58.8 Å². The van der Waals surface area contributed by atoms with Crippen LogP contribution in [0.3, 0.4) is 0 Å². The van der Waals surface area contributed by atoms with Gasteiger partial charge in [-0.3, -0.25) is 9.63 Å². The topological polar surface area (TPSA) is 29.5 Å². The maximum atomic E-state index is 12.7. The standard InChI is InChI=1S/C18H22BrNO2/c1-13-6-5-11-18(12-13,14(2)17(21)20(3)22-4)15-7-9-16(19)10-8-15/h5-11,14H,12H2,1-4H3/t14-,18?/m1/s1. The lowest BCUT2D eigenvalue weighted by Gasteiger charge is -2.39. The number of hydroxylamine groups is 2. The Balaban J connectivity index is 2.47. The molecule has 0 bridgehead atoms. The Morgan fingerprint density at radius 2 is 2.00 bits per heavy atom. The van der Waals surface area contributed by atoms with Crippen LogP contribution in [0.1, 0.15) is 25.8 Å². The van der Waals surface area contributed by atoms with Crippen molar-refractivity contribution in [1.82, 2.24) is 5.06 Å². The van der Waals surface area contributed by atoms with Gasteiger partial charge in [0.05, 0.1) is 13.0 Å². The maximum Gasteiger partial charge on any atom is 0.249 e. The number of carbonyl (C=O) groups is 1. The van der Waals surface area contributed by atoms with Crippen molar-refractivity contribution in [2.75, 3.05) is 14.2 Å². The van der Waals surface area contributed by atoms with E-state index in [1.807, 2.05) is 19.1 Å². The zero-order valence-electron chi connectivity index (χ0n) is 13.5. The second-order valence-electron chi connectivity index (χ2n) is 5.84. The van der Waals surface area contributed by atoms with Gasteiger partial charge in [-0.05, 0) is 31.0 Å². The number of hydrogen-bond donors (Lipinski definition) is 0. The van der Waals surface area contributed by atoms with Crippen LogP contribution in [-0.2, 0) is 15.0 Å². The van der Waals surface area contributed by atoms with E-state index in [0.717, 1.165) is 16.5 Å². The van der Waals surface area contributed by atoms with Crippen LogP contribution in [0, 0.1) is 5.92 Å². The van der Waals surface area contributed by atoms with E-state index in [4.69, 9.17) is 4.84 Å². The van der Waals surface area contributed by atoms with E-state index in [9.17, 15) is 4.79 Å². The maximum absolute atomic E-state index is 12.7. The van der Waals surface area contributed by atoms with E-state index in [-0.39, 0.29) is 17.2 Å². The highest BCUT2D eigenvalue weighted by Crippen LogP contribution is 2.42. The lowest BCUT2D eigenvalue weighted by molar-refractivity contribution is -0.174. The Bertz CT molecular complexity index is 606. The first-order valence-electron chi connectivity index (χ1n) is 7.33. The van der Waals surface area contributed by atoms with Crippen molar-refractivity contribution in [3.63, 3.8) is 0 Å². The average molecular weight is 364 g/mol. The number of rotatable bonds is 4. The smallest absolute Gasteiger partial charge is 0.249 e. The summed E-state index contributed by atoms with van der Waals surface area (Å²) in [6, 6.07) is 8.22. The number of hydrogen-bond acceptors (Lipinski definition) is 2. The van der Waals surface area contributed by atoms with Crippen molar-refractivity contribution in [2.24, 2.45) is 5.92 Å². The highest BCUT2D eigenvalue weighted by atomic mass is 79.9. The largest absolute Gasteiger partial charge is 0.275 e. The number of benzene rings is 1. The van der Waals surface area contributed by atoms with Gasteiger partial charge in [-0.2, -0.15) is 0 Å². The van der Waals surface area contributed by atoms with Crippen LogP contribution in [0.5, 0.6) is 0 Å². The Morgan fingerprint density at radius 3 is 2.55 bits per heavy atom. The summed E-state index contributed by atoms with van der Waals surface area (Å²) in [4.78, 5) is 17.8. The van der Waals surface area contributed by atoms with Crippen molar-refractivity contribution >= 4 is 21.8 Å². The van der Waals surface area contributed by atoms with Crippen LogP contribution >= 0.6 is 15.9 Å². The Morgan fingerprint density at radius 1 is 1.36 bits per heavy atom. The summed E-state index contributed by atoms with van der Waals surface area (Å²) in [6.45, 7) is 4.08. The number of nitrogens with zero attached hydrogens (tertiary/aromatic N) is 1. The molecule has 0 aromatic heterocycles. The highest BCUT2D eigenvalue weighted by molar-refractivity contribution is 9.10. The molecule has 1 unspecified atom stereocenters. The highest BCUT2D eigenvalue weighted by Gasteiger charge is 2.41. The molecule has 1 aromatic rings. The number of carbonyl (C=O) groups excluding carboxylic acids is 1. The lowest BCUT2D eigenvalue weighted by atomic mass is 9.65. The fourth-order valence-corrected chi connectivity index (χ4v) is 3.32. The molecule has 22 heavy (non-hydrogen) atoms. The first kappa shape index (κ1) is 17.0. The van der Waals surface area contributed by atoms with E-state index < -0.39 is 0 Å². The van der Waals surface area contributed by atoms with Gasteiger partial charge in [0.25, 0.3) is 0 Å². The molecule has 0 saturated heterocycles. The number of amides is 1. The minimum atomic E-state index is -0.344. The fourth-order valence-electron chi connectivity index (χ4n) is 3.05. The third-order valence-corrected chi connectivity index (χ3v) is 4.98. The molecule has 0 N–H and O–H groups in total. The SMILES string of the molecule is CON(C)C(=O)[C@@H](C)C1(c2ccc(Br)cc2)C=CC=C(C)C1. The van der Waals surface area contributed by atoms with E-state index in [1.165, 1.54) is 17.7 Å². The quantitative estimate of drug-likeness (QED) is 0.748. The second kappa shape index (κ2) is 6.80. The van der Waals surface area contributed by atoms with Gasteiger partial charge in [0, 0.05) is 16.9 Å². The Hall–Kier alpha value is -1.39. The van der Waals surface area contributed by atoms with E-state index >= 15 is 0 Å². The van der Waals surface area contributed by atoms with Crippen molar-refractivity contribution in [3.8, 4) is 0 Å². The lowest BCUT2D eigenvalue weighted by Crippen LogP contribution is -2.43. The van der Waals surface area contributed by atoms with Crippen LogP contribution in [-0.4, -0.2) is 25.1 Å². The first-order valence-corrected chi connectivity index (χ1v) is 8.12.